The average molecular weight is 387 g/mol. The molecular formula is C27H46O. The highest BCUT2D eigenvalue weighted by Crippen LogP contribution is 2.68. The van der Waals surface area contributed by atoms with Crippen LogP contribution in [0, 0.1) is 52.3 Å². The molecule has 160 valence electrons. The minimum absolute atomic E-state index is 0.471. The van der Waals surface area contributed by atoms with Gasteiger partial charge in [-0.3, -0.25) is 4.79 Å². The van der Waals surface area contributed by atoms with Crippen LogP contribution in [0.2, 0.25) is 0 Å². The minimum atomic E-state index is 0.471. The fourth-order valence-corrected chi connectivity index (χ4v) is 9.07. The lowest BCUT2D eigenvalue weighted by Crippen LogP contribution is -2.53. The first-order valence-electron chi connectivity index (χ1n) is 12.8. The van der Waals surface area contributed by atoms with Gasteiger partial charge in [-0.25, -0.2) is 0 Å². The molecule has 0 aromatic rings. The van der Waals surface area contributed by atoms with E-state index in [1.807, 2.05) is 0 Å². The van der Waals surface area contributed by atoms with E-state index in [1.165, 1.54) is 64.2 Å². The third-order valence-electron chi connectivity index (χ3n) is 10.7. The smallest absolute Gasteiger partial charge is 0.133 e. The number of fused-ring (bicyclic) bond motifs is 5. The first-order chi connectivity index (χ1) is 13.3. The third-order valence-corrected chi connectivity index (χ3v) is 10.7. The Hall–Kier alpha value is -0.330. The Morgan fingerprint density at radius 1 is 0.893 bits per heavy atom. The Balaban J connectivity index is 1.47. The van der Waals surface area contributed by atoms with Gasteiger partial charge in [0.15, 0.2) is 0 Å². The standard InChI is InChI=1S/C27H46O/c1-18(2)7-6-8-19(3)23-11-12-24-22-10-9-20-17-21(28)13-15-26(20,4)25(22)14-16-27(23,24)5/h18-20,22-25H,6-17H2,1-5H3/t19-,20-,22?,23+,24?,25?,26-,27+/m0/s1. The molecule has 0 heterocycles. The molecule has 4 fully saturated rings. The van der Waals surface area contributed by atoms with Crippen LogP contribution in [0.3, 0.4) is 0 Å². The van der Waals surface area contributed by atoms with Crippen LogP contribution < -0.4 is 0 Å². The molecule has 0 N–H and O–H groups in total. The van der Waals surface area contributed by atoms with Crippen molar-refractivity contribution in [3.05, 3.63) is 0 Å². The number of carbonyl (C=O) groups is 1. The molecular weight excluding hydrogens is 340 g/mol. The van der Waals surface area contributed by atoms with Crippen molar-refractivity contribution in [2.24, 2.45) is 52.3 Å². The second-order valence-corrected chi connectivity index (χ2v) is 12.4. The van der Waals surface area contributed by atoms with Gasteiger partial charge in [0.1, 0.15) is 5.78 Å². The molecule has 0 aliphatic heterocycles. The third kappa shape index (κ3) is 3.41. The fourth-order valence-electron chi connectivity index (χ4n) is 9.07. The summed E-state index contributed by atoms with van der Waals surface area (Å²) in [5.74, 6) is 6.82. The van der Waals surface area contributed by atoms with E-state index < -0.39 is 0 Å². The van der Waals surface area contributed by atoms with Crippen molar-refractivity contribution in [3.8, 4) is 0 Å². The van der Waals surface area contributed by atoms with Crippen molar-refractivity contribution in [3.63, 3.8) is 0 Å². The van der Waals surface area contributed by atoms with Gasteiger partial charge in [0, 0.05) is 12.8 Å². The quantitative estimate of drug-likeness (QED) is 0.473. The number of carbonyl (C=O) groups excluding carboxylic acids is 1. The van der Waals surface area contributed by atoms with E-state index in [0.29, 0.717) is 22.5 Å². The highest BCUT2D eigenvalue weighted by molar-refractivity contribution is 5.79. The predicted octanol–water partition coefficient (Wildman–Crippen LogP) is 7.68. The summed E-state index contributed by atoms with van der Waals surface area (Å²) in [6.07, 6.45) is 15.9. The van der Waals surface area contributed by atoms with Gasteiger partial charge >= 0.3 is 0 Å². The molecule has 3 unspecified atom stereocenters. The summed E-state index contributed by atoms with van der Waals surface area (Å²) >= 11 is 0. The van der Waals surface area contributed by atoms with E-state index >= 15 is 0 Å². The summed E-state index contributed by atoms with van der Waals surface area (Å²) < 4.78 is 0. The van der Waals surface area contributed by atoms with E-state index in [1.54, 1.807) is 0 Å². The molecule has 4 aliphatic rings. The summed E-state index contributed by atoms with van der Waals surface area (Å²) in [4.78, 5) is 12.1. The van der Waals surface area contributed by atoms with Crippen LogP contribution in [0.25, 0.3) is 0 Å². The molecule has 0 saturated heterocycles. The van der Waals surface area contributed by atoms with E-state index in [4.69, 9.17) is 0 Å². The molecule has 0 spiro atoms. The molecule has 0 aromatic heterocycles. The molecule has 0 radical (unpaired) electrons. The van der Waals surface area contributed by atoms with Crippen LogP contribution in [0.15, 0.2) is 0 Å². The second-order valence-electron chi connectivity index (χ2n) is 12.4. The Labute approximate surface area is 174 Å². The first-order valence-corrected chi connectivity index (χ1v) is 12.8. The summed E-state index contributed by atoms with van der Waals surface area (Å²) in [5, 5.41) is 0. The zero-order valence-corrected chi connectivity index (χ0v) is 19.4. The van der Waals surface area contributed by atoms with Crippen LogP contribution in [-0.4, -0.2) is 5.78 Å². The fraction of sp³-hybridized carbons (Fsp3) is 0.963. The van der Waals surface area contributed by atoms with Gasteiger partial charge in [0.05, 0.1) is 0 Å². The van der Waals surface area contributed by atoms with Crippen molar-refractivity contribution in [2.45, 2.75) is 112 Å². The topological polar surface area (TPSA) is 17.1 Å². The SMILES string of the molecule is CC(C)CCC[C@H](C)[C@H]1CCC2C3CC[C@H]4CC(=O)CC[C@]4(C)C3CC[C@@]21C. The lowest BCUT2D eigenvalue weighted by molar-refractivity contribution is -0.140. The van der Waals surface area contributed by atoms with Crippen molar-refractivity contribution in [1.82, 2.24) is 0 Å². The van der Waals surface area contributed by atoms with Crippen LogP contribution in [0.1, 0.15) is 112 Å². The van der Waals surface area contributed by atoms with Gasteiger partial charge in [0.2, 0.25) is 0 Å². The molecule has 4 aliphatic carbocycles. The molecule has 8 atom stereocenters. The maximum atomic E-state index is 12.1. The summed E-state index contributed by atoms with van der Waals surface area (Å²) in [7, 11) is 0. The molecule has 0 aromatic carbocycles. The van der Waals surface area contributed by atoms with Gasteiger partial charge in [-0.05, 0) is 97.2 Å². The van der Waals surface area contributed by atoms with Gasteiger partial charge in [0.25, 0.3) is 0 Å². The number of ketones is 1. The normalized spacial score (nSPS) is 46.8. The maximum absolute atomic E-state index is 12.1. The number of Topliss-reactive ketones (excluding diaryl/α,β-unsaturated/α-hetero) is 1. The van der Waals surface area contributed by atoms with Crippen molar-refractivity contribution in [1.29, 1.82) is 0 Å². The molecule has 4 saturated carbocycles. The Bertz CT molecular complexity index is 579. The molecule has 1 heteroatoms. The van der Waals surface area contributed by atoms with Gasteiger partial charge in [-0.2, -0.15) is 0 Å². The Morgan fingerprint density at radius 3 is 2.39 bits per heavy atom. The highest BCUT2D eigenvalue weighted by Gasteiger charge is 2.60. The Morgan fingerprint density at radius 2 is 1.64 bits per heavy atom. The monoisotopic (exact) mass is 386 g/mol. The average Bonchev–Trinajstić information content (AvgIpc) is 2.99. The van der Waals surface area contributed by atoms with Crippen LogP contribution in [-0.2, 0) is 4.79 Å². The van der Waals surface area contributed by atoms with Gasteiger partial charge in [-0.15, -0.1) is 0 Å². The zero-order valence-electron chi connectivity index (χ0n) is 19.4. The molecule has 0 amide bonds. The lowest BCUT2D eigenvalue weighted by atomic mass is 9.44. The summed E-state index contributed by atoms with van der Waals surface area (Å²) in [6.45, 7) is 12.6. The van der Waals surface area contributed by atoms with E-state index in [2.05, 4.69) is 34.6 Å². The minimum Gasteiger partial charge on any atom is -0.300 e. The molecule has 4 rings (SSSR count). The lowest BCUT2D eigenvalue weighted by Gasteiger charge is -2.60. The zero-order chi connectivity index (χ0) is 20.1. The maximum Gasteiger partial charge on any atom is 0.133 e. The van der Waals surface area contributed by atoms with Crippen molar-refractivity contribution >= 4 is 5.78 Å². The highest BCUT2D eigenvalue weighted by atomic mass is 16.1. The van der Waals surface area contributed by atoms with Gasteiger partial charge < -0.3 is 0 Å². The van der Waals surface area contributed by atoms with Gasteiger partial charge in [-0.1, -0.05) is 53.9 Å². The summed E-state index contributed by atoms with van der Waals surface area (Å²) in [5.41, 5.74) is 1.07. The molecule has 0 bridgehead atoms. The first kappa shape index (κ1) is 20.9. The predicted molar refractivity (Wildman–Crippen MR) is 118 cm³/mol. The van der Waals surface area contributed by atoms with Crippen LogP contribution in [0.4, 0.5) is 0 Å². The number of rotatable bonds is 5. The van der Waals surface area contributed by atoms with E-state index in [9.17, 15) is 4.79 Å². The van der Waals surface area contributed by atoms with E-state index in [0.717, 1.165) is 48.3 Å². The van der Waals surface area contributed by atoms with Crippen molar-refractivity contribution in [2.75, 3.05) is 0 Å². The van der Waals surface area contributed by atoms with Crippen LogP contribution in [0.5, 0.6) is 0 Å². The Kier molecular flexibility index (Phi) is 5.78. The second kappa shape index (κ2) is 7.73. The van der Waals surface area contributed by atoms with E-state index in [-0.39, 0.29) is 0 Å². The summed E-state index contributed by atoms with van der Waals surface area (Å²) in [6, 6.07) is 0. The van der Waals surface area contributed by atoms with Crippen LogP contribution >= 0.6 is 0 Å². The largest absolute Gasteiger partial charge is 0.300 e. The van der Waals surface area contributed by atoms with Crippen molar-refractivity contribution < 1.29 is 4.79 Å². The number of hydrogen-bond donors (Lipinski definition) is 0. The number of hydrogen-bond acceptors (Lipinski definition) is 1. The molecule has 1 nitrogen and oxygen atoms in total. The molecule has 28 heavy (non-hydrogen) atoms.